The second-order valence-electron chi connectivity index (χ2n) is 4.14. The van der Waals surface area contributed by atoms with Gasteiger partial charge in [0.1, 0.15) is 5.01 Å². The number of fused-ring (bicyclic) bond motifs is 1. The molecule has 2 nitrogen and oxygen atoms in total. The fourth-order valence-electron chi connectivity index (χ4n) is 1.86. The number of rotatable bonds is 2. The summed E-state index contributed by atoms with van der Waals surface area (Å²) in [5, 5.41) is 4.15. The molecule has 0 aliphatic carbocycles. The Bertz CT molecular complexity index is 706. The van der Waals surface area contributed by atoms with Crippen LogP contribution in [0.4, 0.5) is 0 Å². The summed E-state index contributed by atoms with van der Waals surface area (Å²) in [6.07, 6.45) is 0. The van der Waals surface area contributed by atoms with Gasteiger partial charge >= 0.3 is 0 Å². The van der Waals surface area contributed by atoms with Gasteiger partial charge in [0.2, 0.25) is 0 Å². The molecule has 0 saturated heterocycles. The highest BCUT2D eigenvalue weighted by molar-refractivity contribution is 7.13. The van der Waals surface area contributed by atoms with Crippen LogP contribution in [-0.4, -0.2) is 9.97 Å². The fourth-order valence-corrected chi connectivity index (χ4v) is 2.91. The van der Waals surface area contributed by atoms with Gasteiger partial charge in [-0.25, -0.2) is 4.98 Å². The Labute approximate surface area is 114 Å². The van der Waals surface area contributed by atoms with E-state index >= 15 is 0 Å². The van der Waals surface area contributed by atoms with Crippen LogP contribution in [0.2, 0.25) is 0 Å². The van der Waals surface area contributed by atoms with Crippen molar-refractivity contribution in [2.45, 2.75) is 12.8 Å². The first-order valence-corrected chi connectivity index (χ1v) is 7.06. The summed E-state index contributed by atoms with van der Waals surface area (Å²) in [6, 6.07) is 10.3. The lowest BCUT2D eigenvalue weighted by Gasteiger charge is -2.01. The Hall–Kier alpha value is -1.45. The minimum absolute atomic E-state index is 0.463. The second kappa shape index (κ2) is 4.67. The highest BCUT2D eigenvalue weighted by Gasteiger charge is 2.05. The van der Waals surface area contributed by atoms with E-state index in [1.54, 1.807) is 11.3 Å². The Morgan fingerprint density at radius 1 is 1.17 bits per heavy atom. The molecule has 0 bridgehead atoms. The Kier molecular flexibility index (Phi) is 3.02. The minimum Gasteiger partial charge on any atom is -0.253 e. The normalized spacial score (nSPS) is 11.0. The van der Waals surface area contributed by atoms with Crippen molar-refractivity contribution in [3.05, 3.63) is 47.1 Å². The predicted molar refractivity (Wildman–Crippen MR) is 77.1 cm³/mol. The van der Waals surface area contributed by atoms with Crippen LogP contribution in [0.3, 0.4) is 0 Å². The molecule has 18 heavy (non-hydrogen) atoms. The van der Waals surface area contributed by atoms with Gasteiger partial charge in [0.05, 0.1) is 17.1 Å². The van der Waals surface area contributed by atoms with Gasteiger partial charge in [-0.1, -0.05) is 6.07 Å². The molecule has 0 fully saturated rings. The van der Waals surface area contributed by atoms with Crippen LogP contribution < -0.4 is 0 Å². The Morgan fingerprint density at radius 2 is 2.06 bits per heavy atom. The summed E-state index contributed by atoms with van der Waals surface area (Å²) in [5.41, 5.74) is 4.11. The van der Waals surface area contributed by atoms with Crippen LogP contribution in [0, 0.1) is 6.92 Å². The maximum Gasteiger partial charge on any atom is 0.123 e. The number of halogens is 1. The zero-order chi connectivity index (χ0) is 12.5. The van der Waals surface area contributed by atoms with E-state index in [0.29, 0.717) is 5.88 Å². The summed E-state index contributed by atoms with van der Waals surface area (Å²) < 4.78 is 0. The summed E-state index contributed by atoms with van der Waals surface area (Å²) >= 11 is 7.40. The molecular formula is C14H11ClN2S. The summed E-state index contributed by atoms with van der Waals surface area (Å²) in [6.45, 7) is 2.00. The summed E-state index contributed by atoms with van der Waals surface area (Å²) in [7, 11) is 0. The molecule has 0 amide bonds. The number of aromatic nitrogens is 2. The molecule has 0 N–H and O–H groups in total. The Balaban J connectivity index is 2.10. The van der Waals surface area contributed by atoms with E-state index < -0.39 is 0 Å². The first-order chi connectivity index (χ1) is 8.76. The molecule has 0 aliphatic heterocycles. The smallest absolute Gasteiger partial charge is 0.123 e. The molecule has 1 aromatic carbocycles. The molecule has 3 rings (SSSR count). The van der Waals surface area contributed by atoms with E-state index in [2.05, 4.69) is 28.2 Å². The van der Waals surface area contributed by atoms with E-state index in [1.165, 1.54) is 0 Å². The lowest BCUT2D eigenvalue weighted by atomic mass is 10.1. The number of hydrogen-bond donors (Lipinski definition) is 0. The molecule has 3 aromatic rings. The molecule has 0 radical (unpaired) electrons. The zero-order valence-corrected chi connectivity index (χ0v) is 11.4. The van der Waals surface area contributed by atoms with Gasteiger partial charge in [-0.2, -0.15) is 0 Å². The summed E-state index contributed by atoms with van der Waals surface area (Å²) in [4.78, 5) is 8.98. The number of aryl methyl sites for hydroxylation is 1. The van der Waals surface area contributed by atoms with Crippen molar-refractivity contribution in [2.24, 2.45) is 0 Å². The van der Waals surface area contributed by atoms with Gasteiger partial charge in [-0.15, -0.1) is 22.9 Å². The maximum absolute atomic E-state index is 5.77. The van der Waals surface area contributed by atoms with Crippen LogP contribution in [0.1, 0.15) is 11.4 Å². The average Bonchev–Trinajstić information content (AvgIpc) is 2.87. The summed E-state index contributed by atoms with van der Waals surface area (Å²) in [5.74, 6) is 0.463. The second-order valence-corrected chi connectivity index (χ2v) is 5.26. The van der Waals surface area contributed by atoms with Crippen LogP contribution >= 0.6 is 22.9 Å². The topological polar surface area (TPSA) is 25.8 Å². The molecule has 0 saturated carbocycles. The van der Waals surface area contributed by atoms with E-state index in [9.17, 15) is 0 Å². The lowest BCUT2D eigenvalue weighted by Crippen LogP contribution is -1.84. The molecule has 0 unspecified atom stereocenters. The number of pyridine rings is 1. The Morgan fingerprint density at radius 3 is 2.83 bits per heavy atom. The monoisotopic (exact) mass is 274 g/mol. The van der Waals surface area contributed by atoms with E-state index in [-0.39, 0.29) is 0 Å². The van der Waals surface area contributed by atoms with Gasteiger partial charge in [0.15, 0.2) is 0 Å². The van der Waals surface area contributed by atoms with Crippen LogP contribution in [0.25, 0.3) is 21.5 Å². The van der Waals surface area contributed by atoms with Crippen molar-refractivity contribution in [3.8, 4) is 10.6 Å². The molecule has 2 heterocycles. The third-order valence-corrected chi connectivity index (χ3v) is 3.98. The molecule has 4 heteroatoms. The first kappa shape index (κ1) is 11.6. The number of nitrogens with zero attached hydrogens (tertiary/aromatic N) is 2. The largest absolute Gasteiger partial charge is 0.253 e. The SMILES string of the molecule is Cc1ccc2cc(-c3nc(CCl)cs3)ccc2n1. The van der Waals surface area contributed by atoms with Crippen LogP contribution in [-0.2, 0) is 5.88 Å². The predicted octanol–water partition coefficient (Wildman–Crippen LogP) is 4.41. The van der Waals surface area contributed by atoms with Crippen LogP contribution in [0.5, 0.6) is 0 Å². The van der Waals surface area contributed by atoms with Gasteiger partial charge in [0, 0.05) is 22.0 Å². The standard InChI is InChI=1S/C14H11ClN2S/c1-9-2-3-10-6-11(4-5-13(10)16-9)14-17-12(7-15)8-18-14/h2-6,8H,7H2,1H3. The molecule has 0 aliphatic rings. The van der Waals surface area contributed by atoms with Crippen molar-refractivity contribution >= 4 is 33.8 Å². The van der Waals surface area contributed by atoms with Crippen molar-refractivity contribution in [3.63, 3.8) is 0 Å². The van der Waals surface area contributed by atoms with Crippen LogP contribution in [0.15, 0.2) is 35.7 Å². The van der Waals surface area contributed by atoms with E-state index in [1.807, 2.05) is 24.4 Å². The molecule has 0 atom stereocenters. The molecule has 0 spiro atoms. The number of benzene rings is 1. The third kappa shape index (κ3) is 2.11. The number of thiazole rings is 1. The minimum atomic E-state index is 0.463. The quantitative estimate of drug-likeness (QED) is 0.647. The van der Waals surface area contributed by atoms with Gasteiger partial charge in [-0.05, 0) is 31.2 Å². The first-order valence-electron chi connectivity index (χ1n) is 5.64. The number of hydrogen-bond acceptors (Lipinski definition) is 3. The van der Waals surface area contributed by atoms with Gasteiger partial charge in [0.25, 0.3) is 0 Å². The van der Waals surface area contributed by atoms with Gasteiger partial charge < -0.3 is 0 Å². The van der Waals surface area contributed by atoms with Crippen molar-refractivity contribution in [1.29, 1.82) is 0 Å². The third-order valence-electron chi connectivity index (χ3n) is 2.76. The van der Waals surface area contributed by atoms with Crippen molar-refractivity contribution in [1.82, 2.24) is 9.97 Å². The van der Waals surface area contributed by atoms with E-state index in [4.69, 9.17) is 11.6 Å². The molecule has 90 valence electrons. The van der Waals surface area contributed by atoms with Gasteiger partial charge in [-0.3, -0.25) is 4.98 Å². The average molecular weight is 275 g/mol. The zero-order valence-electron chi connectivity index (χ0n) is 9.85. The highest BCUT2D eigenvalue weighted by atomic mass is 35.5. The van der Waals surface area contributed by atoms with Crippen molar-refractivity contribution < 1.29 is 0 Å². The molecule has 2 aromatic heterocycles. The fraction of sp³-hybridized carbons (Fsp3) is 0.143. The molecular weight excluding hydrogens is 264 g/mol. The highest BCUT2D eigenvalue weighted by Crippen LogP contribution is 2.27. The van der Waals surface area contributed by atoms with Crippen molar-refractivity contribution in [2.75, 3.05) is 0 Å². The number of alkyl halides is 1. The van der Waals surface area contributed by atoms with E-state index in [0.717, 1.165) is 32.9 Å². The lowest BCUT2D eigenvalue weighted by molar-refractivity contribution is 1.23. The maximum atomic E-state index is 5.77.